The van der Waals surface area contributed by atoms with Crippen molar-refractivity contribution in [1.82, 2.24) is 4.90 Å². The van der Waals surface area contributed by atoms with Gasteiger partial charge >= 0.3 is 18.5 Å². The largest absolute Gasteiger partial charge is 0.416 e. The maximum atomic E-state index is 12.9. The topological polar surface area (TPSA) is 23.5 Å². The third-order valence-corrected chi connectivity index (χ3v) is 4.40. The van der Waals surface area contributed by atoms with Gasteiger partial charge in [0.2, 0.25) is 0 Å². The van der Waals surface area contributed by atoms with Crippen molar-refractivity contribution in [2.24, 2.45) is 0 Å². The molecule has 0 saturated carbocycles. The molecule has 0 bridgehead atoms. The van der Waals surface area contributed by atoms with E-state index in [4.69, 9.17) is 5.11 Å². The Morgan fingerprint density at radius 1 is 0.926 bits per heavy atom. The fraction of sp³-hybridized carbons (Fsp3) is 0.625. The molecular formula is C16H16F9NO. The van der Waals surface area contributed by atoms with E-state index in [1.54, 1.807) is 0 Å². The first kappa shape index (κ1) is 21.8. The van der Waals surface area contributed by atoms with Gasteiger partial charge in [-0.3, -0.25) is 4.90 Å². The lowest BCUT2D eigenvalue weighted by Gasteiger charge is -2.34. The zero-order valence-corrected chi connectivity index (χ0v) is 13.7. The predicted octanol–water partition coefficient (Wildman–Crippen LogP) is 4.83. The van der Waals surface area contributed by atoms with Gasteiger partial charge in [0.25, 0.3) is 0 Å². The number of rotatable bonds is 3. The monoisotopic (exact) mass is 409 g/mol. The van der Waals surface area contributed by atoms with Crippen LogP contribution in [0.25, 0.3) is 0 Å². The van der Waals surface area contributed by atoms with E-state index in [0.29, 0.717) is 12.1 Å². The fourth-order valence-electron chi connectivity index (χ4n) is 3.06. The van der Waals surface area contributed by atoms with Crippen molar-refractivity contribution in [2.75, 3.05) is 19.6 Å². The average Bonchev–Trinajstić information content (AvgIpc) is 2.52. The highest BCUT2D eigenvalue weighted by Gasteiger charge is 2.41. The van der Waals surface area contributed by atoms with Crippen molar-refractivity contribution in [3.8, 4) is 0 Å². The number of β-amino-alcohol motifs (C(OH)–C–C–N with tert-alkyl or cyclic N) is 1. The summed E-state index contributed by atoms with van der Waals surface area (Å²) in [5.41, 5.74) is -3.15. The minimum atomic E-state index is -4.99. The number of aliphatic hydroxyl groups is 1. The smallest absolute Gasteiger partial charge is 0.382 e. The normalized spacial score (nSPS) is 21.3. The Kier molecular flexibility index (Phi) is 6.05. The molecule has 27 heavy (non-hydrogen) atoms. The molecule has 0 aliphatic carbocycles. The number of aliphatic hydroxyl groups excluding tert-OH is 1. The number of alkyl halides is 9. The van der Waals surface area contributed by atoms with Crippen molar-refractivity contribution in [3.63, 3.8) is 0 Å². The maximum Gasteiger partial charge on any atom is 0.416 e. The summed E-state index contributed by atoms with van der Waals surface area (Å²) in [7, 11) is 0. The second kappa shape index (κ2) is 7.50. The van der Waals surface area contributed by atoms with Crippen molar-refractivity contribution >= 4 is 0 Å². The molecule has 154 valence electrons. The Hall–Kier alpha value is -1.49. The molecule has 0 aromatic heterocycles. The fourth-order valence-corrected chi connectivity index (χ4v) is 3.06. The molecule has 2 rings (SSSR count). The third-order valence-electron chi connectivity index (χ3n) is 4.40. The van der Waals surface area contributed by atoms with Gasteiger partial charge in [-0.2, -0.15) is 39.5 Å². The highest BCUT2D eigenvalue weighted by molar-refractivity contribution is 5.36. The molecule has 1 N–H and O–H groups in total. The molecule has 11 heteroatoms. The molecule has 1 aromatic carbocycles. The molecule has 2 nitrogen and oxygen atoms in total. The van der Waals surface area contributed by atoms with Crippen LogP contribution in [0.15, 0.2) is 18.2 Å². The van der Waals surface area contributed by atoms with Gasteiger partial charge in [0.05, 0.1) is 11.1 Å². The van der Waals surface area contributed by atoms with Gasteiger partial charge in [-0.1, -0.05) is 0 Å². The van der Waals surface area contributed by atoms with E-state index in [1.807, 2.05) is 0 Å². The van der Waals surface area contributed by atoms with E-state index in [-0.39, 0.29) is 37.6 Å². The maximum absolute atomic E-state index is 12.9. The molecule has 1 heterocycles. The number of halogens is 9. The molecule has 1 saturated heterocycles. The van der Waals surface area contributed by atoms with Crippen LogP contribution in [-0.2, 0) is 12.4 Å². The molecule has 0 radical (unpaired) electrons. The number of piperidine rings is 1. The lowest BCUT2D eigenvalue weighted by atomic mass is 9.88. The number of nitrogens with zero attached hydrogens (tertiary/aromatic N) is 1. The molecule has 1 fully saturated rings. The molecule has 1 aliphatic heterocycles. The Bertz CT molecular complexity index is 619. The molecule has 0 amide bonds. The van der Waals surface area contributed by atoms with Crippen LogP contribution < -0.4 is 0 Å². The Labute approximate surface area is 148 Å². The van der Waals surface area contributed by atoms with Crippen molar-refractivity contribution in [3.05, 3.63) is 34.9 Å². The summed E-state index contributed by atoms with van der Waals surface area (Å²) in [4.78, 5) is 1.19. The van der Waals surface area contributed by atoms with Crippen LogP contribution in [0, 0.1) is 0 Å². The summed E-state index contributed by atoms with van der Waals surface area (Å²) >= 11 is 0. The van der Waals surface area contributed by atoms with Crippen LogP contribution in [0.1, 0.15) is 35.4 Å². The number of hydrogen-bond donors (Lipinski definition) is 1. The SMILES string of the molecule is O[C@@H](CN1CCCC(c2cc(C(F)(F)F)cc(C(F)(F)F)c2)C1)C(F)(F)F. The van der Waals surface area contributed by atoms with Crippen LogP contribution in [-0.4, -0.2) is 41.9 Å². The van der Waals surface area contributed by atoms with Crippen LogP contribution in [0.3, 0.4) is 0 Å². The predicted molar refractivity (Wildman–Crippen MR) is 76.9 cm³/mol. The molecule has 1 unspecified atom stereocenters. The Morgan fingerprint density at radius 3 is 1.89 bits per heavy atom. The summed E-state index contributed by atoms with van der Waals surface area (Å²) in [5.74, 6) is -0.803. The molecule has 1 aliphatic rings. The second-order valence-corrected chi connectivity index (χ2v) is 6.50. The first-order chi connectivity index (χ1) is 12.2. The highest BCUT2D eigenvalue weighted by Crippen LogP contribution is 2.39. The number of benzene rings is 1. The van der Waals surface area contributed by atoms with E-state index in [0.717, 1.165) is 0 Å². The summed E-state index contributed by atoms with van der Waals surface area (Å²) in [5, 5.41) is 9.13. The van der Waals surface area contributed by atoms with Gasteiger partial charge in [-0.25, -0.2) is 0 Å². The molecule has 0 spiro atoms. The van der Waals surface area contributed by atoms with Crippen LogP contribution >= 0.6 is 0 Å². The van der Waals surface area contributed by atoms with Crippen LogP contribution in [0.4, 0.5) is 39.5 Å². The zero-order chi connectivity index (χ0) is 20.6. The summed E-state index contributed by atoms with van der Waals surface area (Å²) in [6, 6.07) is 1.21. The van der Waals surface area contributed by atoms with Crippen LogP contribution in [0.2, 0.25) is 0 Å². The lowest BCUT2D eigenvalue weighted by molar-refractivity contribution is -0.208. The zero-order valence-electron chi connectivity index (χ0n) is 13.7. The Morgan fingerprint density at radius 2 is 1.44 bits per heavy atom. The standard InChI is InChI=1S/C16H16F9NO/c17-14(18,19)11-4-10(5-12(6-11)15(20,21)22)9-2-1-3-26(7-9)8-13(27)16(23,24)25/h4-6,9,13,27H,1-3,7-8H2/t9?,13-/m0/s1. The minimum Gasteiger partial charge on any atom is -0.382 e. The number of likely N-dealkylation sites (tertiary alicyclic amines) is 1. The summed E-state index contributed by atoms with van der Waals surface area (Å²) < 4.78 is 115. The first-order valence-electron chi connectivity index (χ1n) is 7.94. The highest BCUT2D eigenvalue weighted by atomic mass is 19.4. The minimum absolute atomic E-state index is 0.0114. The summed E-state index contributed by atoms with van der Waals surface area (Å²) in [6.45, 7) is -0.800. The molecule has 1 aromatic rings. The second-order valence-electron chi connectivity index (χ2n) is 6.50. The van der Waals surface area contributed by atoms with E-state index < -0.39 is 48.2 Å². The van der Waals surface area contributed by atoms with Gasteiger partial charge in [0.1, 0.15) is 0 Å². The van der Waals surface area contributed by atoms with Gasteiger partial charge < -0.3 is 5.11 Å². The Balaban J connectivity index is 2.28. The van der Waals surface area contributed by atoms with Gasteiger partial charge in [-0.15, -0.1) is 0 Å². The van der Waals surface area contributed by atoms with E-state index in [1.165, 1.54) is 4.90 Å². The lowest BCUT2D eigenvalue weighted by Crippen LogP contribution is -2.44. The van der Waals surface area contributed by atoms with E-state index in [9.17, 15) is 39.5 Å². The third kappa shape index (κ3) is 5.74. The number of hydrogen-bond acceptors (Lipinski definition) is 2. The van der Waals surface area contributed by atoms with Crippen molar-refractivity contribution < 1.29 is 44.6 Å². The van der Waals surface area contributed by atoms with Crippen LogP contribution in [0.5, 0.6) is 0 Å². The van der Waals surface area contributed by atoms with E-state index >= 15 is 0 Å². The van der Waals surface area contributed by atoms with Crippen molar-refractivity contribution in [1.29, 1.82) is 0 Å². The summed E-state index contributed by atoms with van der Waals surface area (Å²) in [6.07, 6.45) is -17.0. The van der Waals surface area contributed by atoms with E-state index in [2.05, 4.69) is 0 Å². The average molecular weight is 409 g/mol. The van der Waals surface area contributed by atoms with Gasteiger partial charge in [-0.05, 0) is 49.1 Å². The molecular weight excluding hydrogens is 393 g/mol. The van der Waals surface area contributed by atoms with Crippen molar-refractivity contribution in [2.45, 2.75) is 43.4 Å². The van der Waals surface area contributed by atoms with Gasteiger partial charge in [0, 0.05) is 13.1 Å². The quantitative estimate of drug-likeness (QED) is 0.724. The molecule has 2 atom stereocenters. The van der Waals surface area contributed by atoms with Gasteiger partial charge in [0.15, 0.2) is 6.10 Å². The first-order valence-corrected chi connectivity index (χ1v) is 7.94.